The molecule has 24 heavy (non-hydrogen) atoms. The number of aryl methyl sites for hydroxylation is 2. The van der Waals surface area contributed by atoms with E-state index in [1.807, 2.05) is 25.1 Å². The van der Waals surface area contributed by atoms with Crippen LogP contribution in [0, 0.1) is 13.8 Å². The molecule has 0 unspecified atom stereocenters. The third-order valence-corrected chi connectivity index (χ3v) is 5.58. The van der Waals surface area contributed by atoms with Gasteiger partial charge in [0, 0.05) is 42.4 Å². The zero-order valence-corrected chi connectivity index (χ0v) is 15.4. The van der Waals surface area contributed by atoms with Crippen molar-refractivity contribution in [1.82, 2.24) is 4.90 Å². The Kier molecular flexibility index (Phi) is 5.21. The highest BCUT2D eigenvalue weighted by atomic mass is 32.1. The summed E-state index contributed by atoms with van der Waals surface area (Å²) in [6.07, 6.45) is 0. The van der Waals surface area contributed by atoms with Crippen LogP contribution in [0.4, 0.5) is 11.4 Å². The number of anilines is 2. The molecule has 1 aliphatic heterocycles. The molecule has 5 heteroatoms. The second-order valence-corrected chi connectivity index (χ2v) is 7.57. The number of carbonyl (C=O) groups is 1. The van der Waals surface area contributed by atoms with Crippen molar-refractivity contribution in [2.45, 2.75) is 20.8 Å². The summed E-state index contributed by atoms with van der Waals surface area (Å²) in [6.45, 7) is 11.8. The van der Waals surface area contributed by atoms with E-state index in [9.17, 15) is 4.79 Å². The van der Waals surface area contributed by atoms with Crippen LogP contribution in [-0.2, 0) is 0 Å². The summed E-state index contributed by atoms with van der Waals surface area (Å²) in [5.41, 5.74) is 3.34. The SMILES string of the molecule is CCN1CCN(c2ccc(NC(=O)c3ccc(C)s3)cc2C)CC1. The lowest BCUT2D eigenvalue weighted by Crippen LogP contribution is -2.46. The van der Waals surface area contributed by atoms with Crippen molar-refractivity contribution >= 4 is 28.6 Å². The van der Waals surface area contributed by atoms with Crippen LogP contribution in [0.5, 0.6) is 0 Å². The molecule has 0 radical (unpaired) electrons. The molecule has 3 rings (SSSR count). The summed E-state index contributed by atoms with van der Waals surface area (Å²) >= 11 is 1.52. The first kappa shape index (κ1) is 17.0. The smallest absolute Gasteiger partial charge is 0.265 e. The standard InChI is InChI=1S/C19H25N3OS/c1-4-21-9-11-22(12-10-21)17-7-6-16(13-14(17)2)20-19(23)18-8-5-15(3)24-18/h5-8,13H,4,9-12H2,1-3H3,(H,20,23). The number of benzene rings is 1. The van der Waals surface area contributed by atoms with E-state index >= 15 is 0 Å². The van der Waals surface area contributed by atoms with E-state index in [4.69, 9.17) is 0 Å². The number of likely N-dealkylation sites (N-methyl/N-ethyl adjacent to an activating group) is 1. The Balaban J connectivity index is 1.67. The monoisotopic (exact) mass is 343 g/mol. The van der Waals surface area contributed by atoms with E-state index in [1.165, 1.54) is 22.6 Å². The minimum atomic E-state index is -0.0307. The molecule has 2 aromatic rings. The summed E-state index contributed by atoms with van der Waals surface area (Å²) < 4.78 is 0. The van der Waals surface area contributed by atoms with Crippen molar-refractivity contribution < 1.29 is 4.79 Å². The van der Waals surface area contributed by atoms with Gasteiger partial charge in [0.05, 0.1) is 4.88 Å². The van der Waals surface area contributed by atoms with Gasteiger partial charge in [-0.05, 0) is 56.3 Å². The summed E-state index contributed by atoms with van der Waals surface area (Å²) in [6, 6.07) is 10.1. The molecule has 0 saturated carbocycles. The van der Waals surface area contributed by atoms with E-state index in [-0.39, 0.29) is 5.91 Å². The Hall–Kier alpha value is -1.85. The summed E-state index contributed by atoms with van der Waals surface area (Å²) in [4.78, 5) is 19.1. The molecule has 0 bridgehead atoms. The van der Waals surface area contributed by atoms with Crippen molar-refractivity contribution in [1.29, 1.82) is 0 Å². The second-order valence-electron chi connectivity index (χ2n) is 6.29. The number of hydrogen-bond donors (Lipinski definition) is 1. The molecule has 4 nitrogen and oxygen atoms in total. The minimum absolute atomic E-state index is 0.0307. The molecule has 2 heterocycles. The second kappa shape index (κ2) is 7.36. The van der Waals surface area contributed by atoms with Gasteiger partial charge in [-0.1, -0.05) is 6.92 Å². The number of rotatable bonds is 4. The van der Waals surface area contributed by atoms with Gasteiger partial charge in [-0.2, -0.15) is 0 Å². The first-order valence-corrected chi connectivity index (χ1v) is 9.34. The lowest BCUT2D eigenvalue weighted by Gasteiger charge is -2.36. The number of piperazine rings is 1. The highest BCUT2D eigenvalue weighted by molar-refractivity contribution is 7.14. The fourth-order valence-corrected chi connectivity index (χ4v) is 3.91. The highest BCUT2D eigenvalue weighted by Gasteiger charge is 2.17. The predicted octanol–water partition coefficient (Wildman–Crippen LogP) is 3.76. The van der Waals surface area contributed by atoms with Crippen molar-refractivity contribution in [3.63, 3.8) is 0 Å². The zero-order chi connectivity index (χ0) is 17.1. The van der Waals surface area contributed by atoms with Crippen LogP contribution in [0.3, 0.4) is 0 Å². The highest BCUT2D eigenvalue weighted by Crippen LogP contribution is 2.25. The number of thiophene rings is 1. The van der Waals surface area contributed by atoms with Gasteiger partial charge in [-0.15, -0.1) is 11.3 Å². The van der Waals surface area contributed by atoms with E-state index in [0.29, 0.717) is 0 Å². The number of nitrogens with zero attached hydrogens (tertiary/aromatic N) is 2. The molecule has 0 atom stereocenters. The van der Waals surface area contributed by atoms with E-state index in [2.05, 4.69) is 41.1 Å². The van der Waals surface area contributed by atoms with Crippen LogP contribution < -0.4 is 10.2 Å². The van der Waals surface area contributed by atoms with Crippen LogP contribution in [0.2, 0.25) is 0 Å². The number of hydrogen-bond acceptors (Lipinski definition) is 4. The topological polar surface area (TPSA) is 35.6 Å². The van der Waals surface area contributed by atoms with Crippen molar-refractivity contribution in [2.75, 3.05) is 42.9 Å². The van der Waals surface area contributed by atoms with Crippen LogP contribution in [0.15, 0.2) is 30.3 Å². The predicted molar refractivity (Wildman–Crippen MR) is 103 cm³/mol. The van der Waals surface area contributed by atoms with Gasteiger partial charge < -0.3 is 15.1 Å². The van der Waals surface area contributed by atoms with Crippen LogP contribution in [0.25, 0.3) is 0 Å². The summed E-state index contributed by atoms with van der Waals surface area (Å²) in [7, 11) is 0. The Labute approximate surface area is 148 Å². The molecule has 128 valence electrons. The van der Waals surface area contributed by atoms with Gasteiger partial charge in [-0.3, -0.25) is 4.79 Å². The maximum absolute atomic E-state index is 12.3. The Morgan fingerprint density at radius 1 is 1.12 bits per heavy atom. The number of amides is 1. The molecule has 0 spiro atoms. The van der Waals surface area contributed by atoms with Gasteiger partial charge in [-0.25, -0.2) is 0 Å². The number of nitrogens with one attached hydrogen (secondary N) is 1. The molecule has 1 aromatic carbocycles. The molecular weight excluding hydrogens is 318 g/mol. The van der Waals surface area contributed by atoms with Gasteiger partial charge in [0.15, 0.2) is 0 Å². The van der Waals surface area contributed by atoms with Gasteiger partial charge in [0.25, 0.3) is 5.91 Å². The molecule has 1 aromatic heterocycles. The molecule has 0 aliphatic carbocycles. The molecule has 1 fully saturated rings. The third-order valence-electron chi connectivity index (χ3n) is 4.58. The molecule has 1 N–H and O–H groups in total. The lowest BCUT2D eigenvalue weighted by atomic mass is 10.1. The van der Waals surface area contributed by atoms with E-state index in [0.717, 1.165) is 48.2 Å². The van der Waals surface area contributed by atoms with Crippen molar-refractivity contribution in [3.05, 3.63) is 45.6 Å². The van der Waals surface area contributed by atoms with Crippen LogP contribution in [-0.4, -0.2) is 43.5 Å². The average molecular weight is 343 g/mol. The largest absolute Gasteiger partial charge is 0.369 e. The Morgan fingerprint density at radius 3 is 2.46 bits per heavy atom. The van der Waals surface area contributed by atoms with Crippen molar-refractivity contribution in [3.8, 4) is 0 Å². The molecule has 1 saturated heterocycles. The zero-order valence-electron chi connectivity index (χ0n) is 14.6. The fraction of sp³-hybridized carbons (Fsp3) is 0.421. The maximum atomic E-state index is 12.3. The van der Waals surface area contributed by atoms with Gasteiger partial charge in [0.1, 0.15) is 0 Å². The Bertz CT molecular complexity index is 717. The minimum Gasteiger partial charge on any atom is -0.369 e. The first-order valence-electron chi connectivity index (χ1n) is 8.52. The number of carbonyl (C=O) groups excluding carboxylic acids is 1. The lowest BCUT2D eigenvalue weighted by molar-refractivity contribution is 0.103. The normalized spacial score (nSPS) is 15.5. The summed E-state index contributed by atoms with van der Waals surface area (Å²) in [5.74, 6) is -0.0307. The third kappa shape index (κ3) is 3.79. The molecular formula is C19H25N3OS. The Morgan fingerprint density at radius 2 is 1.88 bits per heavy atom. The molecule has 1 amide bonds. The van der Waals surface area contributed by atoms with Gasteiger partial charge >= 0.3 is 0 Å². The summed E-state index contributed by atoms with van der Waals surface area (Å²) in [5, 5.41) is 3.00. The van der Waals surface area contributed by atoms with E-state index < -0.39 is 0 Å². The first-order chi connectivity index (χ1) is 11.6. The fourth-order valence-electron chi connectivity index (χ4n) is 3.14. The van der Waals surface area contributed by atoms with Crippen molar-refractivity contribution in [2.24, 2.45) is 0 Å². The van der Waals surface area contributed by atoms with Crippen LogP contribution >= 0.6 is 11.3 Å². The average Bonchev–Trinajstić information content (AvgIpc) is 3.02. The van der Waals surface area contributed by atoms with Gasteiger partial charge in [0.2, 0.25) is 0 Å². The quantitative estimate of drug-likeness (QED) is 0.918. The maximum Gasteiger partial charge on any atom is 0.265 e. The van der Waals surface area contributed by atoms with E-state index in [1.54, 1.807) is 0 Å². The van der Waals surface area contributed by atoms with Crippen LogP contribution in [0.1, 0.15) is 27.0 Å². The molecule has 1 aliphatic rings.